The molecule has 0 heterocycles. The number of benzene rings is 1. The summed E-state index contributed by atoms with van der Waals surface area (Å²) >= 11 is 11.9. The highest BCUT2D eigenvalue weighted by molar-refractivity contribution is 6.31. The van der Waals surface area contributed by atoms with Gasteiger partial charge in [-0.3, -0.25) is 4.79 Å². The van der Waals surface area contributed by atoms with Crippen LogP contribution in [0.3, 0.4) is 0 Å². The first-order valence-corrected chi connectivity index (χ1v) is 7.18. The van der Waals surface area contributed by atoms with Gasteiger partial charge in [0.1, 0.15) is 0 Å². The molecule has 1 N–H and O–H groups in total. The van der Waals surface area contributed by atoms with Crippen LogP contribution in [0.4, 0.5) is 4.39 Å². The van der Waals surface area contributed by atoms with E-state index in [-0.39, 0.29) is 16.0 Å². The van der Waals surface area contributed by atoms with Crippen LogP contribution in [0.1, 0.15) is 37.0 Å². The minimum Gasteiger partial charge on any atom is -0.350 e. The van der Waals surface area contributed by atoms with Crippen LogP contribution in [0.2, 0.25) is 5.02 Å². The van der Waals surface area contributed by atoms with Crippen molar-refractivity contribution in [1.29, 1.82) is 0 Å². The van der Waals surface area contributed by atoms with Crippen LogP contribution in [-0.2, 0) is 0 Å². The summed E-state index contributed by atoms with van der Waals surface area (Å²) in [7, 11) is 0. The lowest BCUT2D eigenvalue weighted by atomic mass is 9.99. The Morgan fingerprint density at radius 1 is 1.37 bits per heavy atom. The van der Waals surface area contributed by atoms with E-state index in [2.05, 4.69) is 19.2 Å². The molecule has 0 aliphatic heterocycles. The Morgan fingerprint density at radius 2 is 2.00 bits per heavy atom. The van der Waals surface area contributed by atoms with Crippen molar-refractivity contribution in [2.24, 2.45) is 5.92 Å². The molecule has 1 aromatic rings. The van der Waals surface area contributed by atoms with Crippen LogP contribution in [0.5, 0.6) is 0 Å². The van der Waals surface area contributed by atoms with Crippen LogP contribution in [0.15, 0.2) is 18.2 Å². The molecule has 1 aromatic carbocycles. The van der Waals surface area contributed by atoms with Crippen molar-refractivity contribution in [2.45, 2.75) is 32.1 Å². The Kier molecular flexibility index (Phi) is 6.59. The molecule has 106 valence electrons. The molecule has 0 bridgehead atoms. The van der Waals surface area contributed by atoms with E-state index in [0.717, 1.165) is 12.8 Å². The van der Waals surface area contributed by atoms with Crippen molar-refractivity contribution in [2.75, 3.05) is 6.54 Å². The highest BCUT2D eigenvalue weighted by Gasteiger charge is 2.18. The molecule has 1 amide bonds. The predicted molar refractivity (Wildman–Crippen MR) is 77.5 cm³/mol. The lowest BCUT2D eigenvalue weighted by molar-refractivity contribution is 0.0947. The second-order valence-corrected chi connectivity index (χ2v) is 5.37. The summed E-state index contributed by atoms with van der Waals surface area (Å²) in [5.74, 6) is -0.849. The molecule has 0 aliphatic rings. The summed E-state index contributed by atoms with van der Waals surface area (Å²) in [5, 5.41) is 2.43. The second kappa shape index (κ2) is 7.71. The average Bonchev–Trinajstić information content (AvgIpc) is 2.40. The normalized spacial score (nSPS) is 12.5. The Bertz CT molecular complexity index is 435. The van der Waals surface area contributed by atoms with Crippen molar-refractivity contribution >= 4 is 29.1 Å². The topological polar surface area (TPSA) is 29.1 Å². The van der Waals surface area contributed by atoms with E-state index in [1.165, 1.54) is 12.1 Å². The molecule has 1 rings (SSSR count). The van der Waals surface area contributed by atoms with Crippen molar-refractivity contribution in [3.8, 4) is 0 Å². The van der Waals surface area contributed by atoms with Gasteiger partial charge in [-0.1, -0.05) is 44.4 Å². The van der Waals surface area contributed by atoms with E-state index < -0.39 is 11.7 Å². The van der Waals surface area contributed by atoms with Gasteiger partial charge in [0.05, 0.1) is 16.0 Å². The third kappa shape index (κ3) is 4.36. The average molecular weight is 306 g/mol. The molecule has 0 aromatic heterocycles. The number of hydrogen-bond acceptors (Lipinski definition) is 1. The number of rotatable bonds is 6. The molecular formula is C14H18Cl2FNO. The molecule has 19 heavy (non-hydrogen) atoms. The molecule has 0 aliphatic carbocycles. The number of carbonyl (C=O) groups is 1. The van der Waals surface area contributed by atoms with Crippen molar-refractivity contribution in [3.05, 3.63) is 34.6 Å². The first-order chi connectivity index (χ1) is 9.01. The number of amides is 1. The zero-order chi connectivity index (χ0) is 14.4. The van der Waals surface area contributed by atoms with Gasteiger partial charge in [-0.15, -0.1) is 11.6 Å². The van der Waals surface area contributed by atoms with Gasteiger partial charge in [0.15, 0.2) is 5.82 Å². The first kappa shape index (κ1) is 16.3. The molecule has 1 unspecified atom stereocenters. The maximum atomic E-state index is 13.6. The molecule has 0 saturated carbocycles. The maximum Gasteiger partial charge on any atom is 0.254 e. The van der Waals surface area contributed by atoms with Crippen LogP contribution in [0.25, 0.3) is 0 Å². The fraction of sp³-hybridized carbons (Fsp3) is 0.500. The Morgan fingerprint density at radius 3 is 2.58 bits per heavy atom. The summed E-state index contributed by atoms with van der Waals surface area (Å²) in [5.41, 5.74) is -0.0547. The van der Waals surface area contributed by atoms with Crippen LogP contribution in [0, 0.1) is 11.7 Å². The van der Waals surface area contributed by atoms with Crippen LogP contribution >= 0.6 is 23.2 Å². The molecule has 0 fully saturated rings. The molecule has 0 radical (unpaired) electrons. The van der Waals surface area contributed by atoms with E-state index in [4.69, 9.17) is 23.2 Å². The highest BCUT2D eigenvalue weighted by atomic mass is 35.5. The Balaban J connectivity index is 2.63. The van der Waals surface area contributed by atoms with E-state index in [9.17, 15) is 9.18 Å². The van der Waals surface area contributed by atoms with E-state index in [0.29, 0.717) is 12.5 Å². The van der Waals surface area contributed by atoms with Gasteiger partial charge >= 0.3 is 0 Å². The van der Waals surface area contributed by atoms with Gasteiger partial charge in [-0.2, -0.15) is 0 Å². The molecule has 2 nitrogen and oxygen atoms in total. The Hall–Kier alpha value is -0.800. The van der Waals surface area contributed by atoms with Gasteiger partial charge < -0.3 is 5.32 Å². The fourth-order valence-electron chi connectivity index (χ4n) is 1.93. The van der Waals surface area contributed by atoms with Crippen molar-refractivity contribution < 1.29 is 9.18 Å². The number of hydrogen-bond donors (Lipinski definition) is 1. The molecule has 0 spiro atoms. The number of nitrogens with one attached hydrogen (secondary N) is 1. The monoisotopic (exact) mass is 305 g/mol. The fourth-order valence-corrected chi connectivity index (χ4v) is 2.54. The number of alkyl halides is 1. The molecule has 5 heteroatoms. The van der Waals surface area contributed by atoms with Crippen LogP contribution < -0.4 is 5.32 Å². The van der Waals surface area contributed by atoms with Gasteiger partial charge in [0, 0.05) is 6.54 Å². The van der Waals surface area contributed by atoms with Gasteiger partial charge in [0.2, 0.25) is 0 Å². The minimum atomic E-state index is -0.699. The summed E-state index contributed by atoms with van der Waals surface area (Å²) in [6.45, 7) is 4.43. The first-order valence-electron chi connectivity index (χ1n) is 6.37. The van der Waals surface area contributed by atoms with E-state index >= 15 is 0 Å². The number of halogens is 3. The molecular weight excluding hydrogens is 288 g/mol. The molecule has 1 atom stereocenters. The third-order valence-corrected chi connectivity index (χ3v) is 4.02. The lowest BCUT2D eigenvalue weighted by Gasteiger charge is -2.19. The van der Waals surface area contributed by atoms with Gasteiger partial charge in [-0.05, 0) is 18.1 Å². The van der Waals surface area contributed by atoms with Crippen LogP contribution in [-0.4, -0.2) is 17.8 Å². The highest BCUT2D eigenvalue weighted by Crippen LogP contribution is 2.19. The summed E-state index contributed by atoms with van der Waals surface area (Å²) in [4.78, 5) is 11.9. The van der Waals surface area contributed by atoms with E-state index in [1.807, 2.05) is 0 Å². The smallest absolute Gasteiger partial charge is 0.254 e. The minimum absolute atomic E-state index is 0.0547. The lowest BCUT2D eigenvalue weighted by Crippen LogP contribution is -2.33. The zero-order valence-electron chi connectivity index (χ0n) is 11.1. The summed E-state index contributed by atoms with van der Waals surface area (Å²) in [6.07, 6.45) is 1.90. The quantitative estimate of drug-likeness (QED) is 0.782. The molecule has 0 saturated heterocycles. The Labute approximate surface area is 123 Å². The SMILES string of the molecule is CCC(CC)C(Cl)CNC(=O)c1cccc(Cl)c1F. The van der Waals surface area contributed by atoms with Gasteiger partial charge in [0.25, 0.3) is 5.91 Å². The third-order valence-electron chi connectivity index (χ3n) is 3.21. The predicted octanol–water partition coefficient (Wildman–Crippen LogP) is 4.25. The zero-order valence-corrected chi connectivity index (χ0v) is 12.6. The maximum absolute atomic E-state index is 13.6. The largest absolute Gasteiger partial charge is 0.350 e. The summed E-state index contributed by atoms with van der Waals surface area (Å²) < 4.78 is 13.6. The standard InChI is InChI=1S/C14H18Cl2FNO/c1-3-9(4-2)12(16)8-18-14(19)10-6-5-7-11(15)13(10)17/h5-7,9,12H,3-4,8H2,1-2H3,(H,18,19). The van der Waals surface area contributed by atoms with Crippen molar-refractivity contribution in [3.63, 3.8) is 0 Å². The number of carbonyl (C=O) groups excluding carboxylic acids is 1. The van der Waals surface area contributed by atoms with Crippen molar-refractivity contribution in [1.82, 2.24) is 5.32 Å². The summed E-state index contributed by atoms with van der Waals surface area (Å²) in [6, 6.07) is 4.35. The second-order valence-electron chi connectivity index (χ2n) is 4.40. The van der Waals surface area contributed by atoms with E-state index in [1.54, 1.807) is 6.07 Å². The van der Waals surface area contributed by atoms with Gasteiger partial charge in [-0.25, -0.2) is 4.39 Å².